The molecule has 1 amide bonds. The number of amides is 1. The predicted molar refractivity (Wildman–Crippen MR) is 96.3 cm³/mol. The molecule has 1 fully saturated rings. The molecule has 1 aromatic carbocycles. The van der Waals surface area contributed by atoms with Gasteiger partial charge >= 0.3 is 0 Å². The molecule has 5 heteroatoms. The van der Waals surface area contributed by atoms with Gasteiger partial charge in [-0.1, -0.05) is 31.2 Å². The number of ether oxygens (including phenoxy) is 1. The third-order valence-corrected chi connectivity index (χ3v) is 4.46. The van der Waals surface area contributed by atoms with Gasteiger partial charge < -0.3 is 15.4 Å². The summed E-state index contributed by atoms with van der Waals surface area (Å²) in [4.78, 5) is 12.9. The van der Waals surface area contributed by atoms with Gasteiger partial charge in [0, 0.05) is 26.3 Å². The zero-order chi connectivity index (χ0) is 15.8. The van der Waals surface area contributed by atoms with E-state index in [4.69, 9.17) is 4.74 Å². The van der Waals surface area contributed by atoms with Gasteiger partial charge in [-0.3, -0.25) is 4.79 Å². The lowest BCUT2D eigenvalue weighted by molar-refractivity contribution is -0.130. The first kappa shape index (κ1) is 19.9. The SMILES string of the molecule is CCCNCCNC(=O)C1(c2ccccc2C)CCOCC1.Cl. The molecule has 0 aromatic heterocycles. The second-order valence-electron chi connectivity index (χ2n) is 6.02. The van der Waals surface area contributed by atoms with Crippen LogP contribution in [0.1, 0.15) is 37.3 Å². The third kappa shape index (κ3) is 4.93. The van der Waals surface area contributed by atoms with Crippen molar-refractivity contribution in [1.82, 2.24) is 10.6 Å². The van der Waals surface area contributed by atoms with Crippen LogP contribution in [0, 0.1) is 6.92 Å². The molecule has 130 valence electrons. The van der Waals surface area contributed by atoms with E-state index in [1.165, 1.54) is 5.56 Å². The number of hydrogen-bond acceptors (Lipinski definition) is 3. The van der Waals surface area contributed by atoms with Gasteiger partial charge in [0.05, 0.1) is 5.41 Å². The lowest BCUT2D eigenvalue weighted by Gasteiger charge is -2.37. The summed E-state index contributed by atoms with van der Waals surface area (Å²) in [5, 5.41) is 6.44. The Balaban J connectivity index is 0.00000264. The molecule has 0 unspecified atom stereocenters. The normalized spacial score (nSPS) is 16.4. The maximum absolute atomic E-state index is 12.9. The molecule has 2 N–H and O–H groups in total. The van der Waals surface area contributed by atoms with Crippen molar-refractivity contribution in [2.75, 3.05) is 32.8 Å². The Bertz CT molecular complexity index is 488. The Kier molecular flexibility index (Phi) is 8.59. The number of benzene rings is 1. The molecule has 23 heavy (non-hydrogen) atoms. The van der Waals surface area contributed by atoms with Gasteiger partial charge in [-0.15, -0.1) is 12.4 Å². The van der Waals surface area contributed by atoms with Crippen molar-refractivity contribution in [3.8, 4) is 0 Å². The van der Waals surface area contributed by atoms with Crippen LogP contribution in [0.4, 0.5) is 0 Å². The lowest BCUT2D eigenvalue weighted by Crippen LogP contribution is -2.49. The summed E-state index contributed by atoms with van der Waals surface area (Å²) in [6, 6.07) is 8.23. The summed E-state index contributed by atoms with van der Waals surface area (Å²) in [6.45, 7) is 8.01. The molecule has 2 rings (SSSR count). The zero-order valence-corrected chi connectivity index (χ0v) is 15.0. The van der Waals surface area contributed by atoms with Crippen molar-refractivity contribution in [2.24, 2.45) is 0 Å². The molecule has 1 aromatic rings. The largest absolute Gasteiger partial charge is 0.381 e. The fourth-order valence-electron chi connectivity index (χ4n) is 3.18. The first-order valence-electron chi connectivity index (χ1n) is 8.33. The van der Waals surface area contributed by atoms with Crippen molar-refractivity contribution < 1.29 is 9.53 Å². The molecule has 0 bridgehead atoms. The molecule has 0 aliphatic carbocycles. The van der Waals surface area contributed by atoms with E-state index >= 15 is 0 Å². The van der Waals surface area contributed by atoms with Crippen LogP contribution >= 0.6 is 12.4 Å². The van der Waals surface area contributed by atoms with Crippen LogP contribution in [0.5, 0.6) is 0 Å². The minimum Gasteiger partial charge on any atom is -0.381 e. The molecule has 1 aliphatic heterocycles. The smallest absolute Gasteiger partial charge is 0.230 e. The maximum Gasteiger partial charge on any atom is 0.230 e. The fraction of sp³-hybridized carbons (Fsp3) is 0.611. The second kappa shape index (κ2) is 9.91. The Morgan fingerprint density at radius 1 is 1.17 bits per heavy atom. The molecular formula is C18H29ClN2O2. The average Bonchev–Trinajstić information content (AvgIpc) is 2.55. The number of carbonyl (C=O) groups excluding carboxylic acids is 1. The quantitative estimate of drug-likeness (QED) is 0.750. The molecular weight excluding hydrogens is 312 g/mol. The molecule has 1 aliphatic rings. The number of rotatable bonds is 7. The van der Waals surface area contributed by atoms with Crippen LogP contribution in [0.3, 0.4) is 0 Å². The minimum absolute atomic E-state index is 0. The van der Waals surface area contributed by atoms with Crippen molar-refractivity contribution >= 4 is 18.3 Å². The van der Waals surface area contributed by atoms with Gasteiger partial charge in [-0.05, 0) is 43.9 Å². The highest BCUT2D eigenvalue weighted by atomic mass is 35.5. The van der Waals surface area contributed by atoms with E-state index < -0.39 is 5.41 Å². The molecule has 0 atom stereocenters. The van der Waals surface area contributed by atoms with Gasteiger partial charge in [0.1, 0.15) is 0 Å². The first-order valence-corrected chi connectivity index (χ1v) is 8.33. The first-order chi connectivity index (χ1) is 10.7. The van der Waals surface area contributed by atoms with E-state index in [9.17, 15) is 4.79 Å². The molecule has 1 heterocycles. The van der Waals surface area contributed by atoms with E-state index in [1.54, 1.807) is 0 Å². The van der Waals surface area contributed by atoms with E-state index in [1.807, 2.05) is 12.1 Å². The van der Waals surface area contributed by atoms with Crippen LogP contribution in [0.25, 0.3) is 0 Å². The number of aryl methyl sites for hydroxylation is 1. The molecule has 0 radical (unpaired) electrons. The summed E-state index contributed by atoms with van der Waals surface area (Å²) in [7, 11) is 0. The van der Waals surface area contributed by atoms with Crippen LogP contribution in [0.2, 0.25) is 0 Å². The molecule has 0 saturated carbocycles. The Morgan fingerprint density at radius 2 is 1.87 bits per heavy atom. The van der Waals surface area contributed by atoms with Crippen LogP contribution in [0.15, 0.2) is 24.3 Å². The Hall–Kier alpha value is -1.10. The molecule has 1 saturated heterocycles. The van der Waals surface area contributed by atoms with Gasteiger partial charge in [0.2, 0.25) is 5.91 Å². The second-order valence-corrected chi connectivity index (χ2v) is 6.02. The summed E-state index contributed by atoms with van der Waals surface area (Å²) < 4.78 is 5.50. The third-order valence-electron chi connectivity index (χ3n) is 4.46. The van der Waals surface area contributed by atoms with E-state index in [2.05, 4.69) is 36.6 Å². The van der Waals surface area contributed by atoms with Crippen LogP contribution in [-0.2, 0) is 14.9 Å². The van der Waals surface area contributed by atoms with E-state index in [-0.39, 0.29) is 18.3 Å². The minimum atomic E-state index is -0.436. The van der Waals surface area contributed by atoms with Crippen molar-refractivity contribution in [3.05, 3.63) is 35.4 Å². The van der Waals surface area contributed by atoms with Gasteiger partial charge in [0.15, 0.2) is 0 Å². The Labute approximate surface area is 145 Å². The summed E-state index contributed by atoms with van der Waals surface area (Å²) >= 11 is 0. The lowest BCUT2D eigenvalue weighted by atomic mass is 9.72. The standard InChI is InChI=1S/C18H28N2O2.ClH/c1-3-10-19-11-12-20-17(21)18(8-13-22-14-9-18)16-7-5-4-6-15(16)2;/h4-7,19H,3,8-14H2,1-2H3,(H,20,21);1H. The molecule has 0 spiro atoms. The monoisotopic (exact) mass is 340 g/mol. The topological polar surface area (TPSA) is 50.4 Å². The fourth-order valence-corrected chi connectivity index (χ4v) is 3.18. The highest BCUT2D eigenvalue weighted by Gasteiger charge is 2.42. The number of hydrogen-bond donors (Lipinski definition) is 2. The van der Waals surface area contributed by atoms with Gasteiger partial charge in [0.25, 0.3) is 0 Å². The van der Waals surface area contributed by atoms with E-state index in [0.29, 0.717) is 19.8 Å². The summed E-state index contributed by atoms with van der Waals surface area (Å²) in [5.74, 6) is 0.142. The average molecular weight is 341 g/mol. The molecule has 4 nitrogen and oxygen atoms in total. The maximum atomic E-state index is 12.9. The summed E-state index contributed by atoms with van der Waals surface area (Å²) in [6.07, 6.45) is 2.62. The van der Waals surface area contributed by atoms with Crippen LogP contribution < -0.4 is 10.6 Å². The van der Waals surface area contributed by atoms with Crippen molar-refractivity contribution in [2.45, 2.75) is 38.5 Å². The van der Waals surface area contributed by atoms with Crippen molar-refractivity contribution in [1.29, 1.82) is 0 Å². The number of carbonyl (C=O) groups is 1. The number of halogens is 1. The van der Waals surface area contributed by atoms with Crippen molar-refractivity contribution in [3.63, 3.8) is 0 Å². The van der Waals surface area contributed by atoms with Gasteiger partial charge in [-0.25, -0.2) is 0 Å². The highest BCUT2D eigenvalue weighted by molar-refractivity contribution is 5.88. The van der Waals surface area contributed by atoms with Gasteiger partial charge in [-0.2, -0.15) is 0 Å². The summed E-state index contributed by atoms with van der Waals surface area (Å²) in [5.41, 5.74) is 1.90. The highest BCUT2D eigenvalue weighted by Crippen LogP contribution is 2.36. The Morgan fingerprint density at radius 3 is 2.52 bits per heavy atom. The van der Waals surface area contributed by atoms with Crippen LogP contribution in [-0.4, -0.2) is 38.8 Å². The predicted octanol–water partition coefficient (Wildman–Crippen LogP) is 2.58. The van der Waals surface area contributed by atoms with E-state index in [0.717, 1.165) is 37.9 Å². The number of nitrogens with one attached hydrogen (secondary N) is 2. The zero-order valence-electron chi connectivity index (χ0n) is 14.2.